The average molecular weight is 297 g/mol. The van der Waals surface area contributed by atoms with Crippen LogP contribution in [0.15, 0.2) is 23.1 Å². The Bertz CT molecular complexity index is 451. The molecule has 0 spiro atoms. The van der Waals surface area contributed by atoms with E-state index in [0.29, 0.717) is 12.2 Å². The summed E-state index contributed by atoms with van der Waals surface area (Å²) in [5.41, 5.74) is 1.16. The third-order valence-electron chi connectivity index (χ3n) is 3.11. The van der Waals surface area contributed by atoms with Gasteiger partial charge in [0.15, 0.2) is 0 Å². The van der Waals surface area contributed by atoms with Gasteiger partial charge in [-0.3, -0.25) is 0 Å². The van der Waals surface area contributed by atoms with E-state index in [4.69, 9.17) is 4.74 Å². The molecule has 20 heavy (non-hydrogen) atoms. The Labute approximate surface area is 125 Å². The van der Waals surface area contributed by atoms with E-state index in [2.05, 4.69) is 4.90 Å². The summed E-state index contributed by atoms with van der Waals surface area (Å²) in [5.74, 6) is -0.0247. The molecule has 0 amide bonds. The molecule has 0 saturated heterocycles. The van der Waals surface area contributed by atoms with Gasteiger partial charge in [-0.15, -0.1) is 11.8 Å². The zero-order valence-electron chi connectivity index (χ0n) is 12.5. The zero-order valence-corrected chi connectivity index (χ0v) is 13.4. The molecule has 0 aliphatic heterocycles. The number of thioether (sulfide) groups is 1. The Kier molecular flexibility index (Phi) is 6.88. The monoisotopic (exact) mass is 297 g/mol. The predicted molar refractivity (Wildman–Crippen MR) is 84.2 cm³/mol. The number of carboxylic acid groups (broad SMARTS) is 1. The van der Waals surface area contributed by atoms with Gasteiger partial charge in [0.25, 0.3) is 0 Å². The fourth-order valence-electron chi connectivity index (χ4n) is 2.30. The molecule has 0 aliphatic carbocycles. The molecular formula is C15H23NO3S. The highest BCUT2D eigenvalue weighted by molar-refractivity contribution is 7.99. The predicted octanol–water partition coefficient (Wildman–Crippen LogP) is 3.36. The summed E-state index contributed by atoms with van der Waals surface area (Å²) in [5, 5.41) is 9.56. The number of carboxylic acids is 1. The lowest BCUT2D eigenvalue weighted by atomic mass is 10.1. The molecule has 1 aromatic carbocycles. The van der Waals surface area contributed by atoms with Crippen LogP contribution in [-0.2, 0) is 4.74 Å². The van der Waals surface area contributed by atoms with Crippen molar-refractivity contribution in [2.45, 2.75) is 31.7 Å². The van der Waals surface area contributed by atoms with Crippen molar-refractivity contribution in [3.8, 4) is 0 Å². The maximum atomic E-state index is 11.6. The number of hydrogen-bond donors (Lipinski definition) is 1. The van der Waals surface area contributed by atoms with Gasteiger partial charge in [-0.05, 0) is 31.7 Å². The molecule has 1 atom stereocenters. The van der Waals surface area contributed by atoms with E-state index in [1.165, 1.54) is 0 Å². The molecule has 4 nitrogen and oxygen atoms in total. The van der Waals surface area contributed by atoms with E-state index in [1.54, 1.807) is 18.9 Å². The van der Waals surface area contributed by atoms with E-state index in [1.807, 2.05) is 39.0 Å². The smallest absolute Gasteiger partial charge is 0.338 e. The molecule has 112 valence electrons. The van der Waals surface area contributed by atoms with Gasteiger partial charge in [-0.25, -0.2) is 4.79 Å². The summed E-state index contributed by atoms with van der Waals surface area (Å²) in [7, 11) is 1.66. The molecule has 0 fully saturated rings. The second-order valence-electron chi connectivity index (χ2n) is 4.48. The quantitative estimate of drug-likeness (QED) is 0.746. The molecule has 0 heterocycles. The van der Waals surface area contributed by atoms with Gasteiger partial charge in [0, 0.05) is 24.6 Å². The van der Waals surface area contributed by atoms with Crippen LogP contribution in [0, 0.1) is 0 Å². The van der Waals surface area contributed by atoms with Crippen molar-refractivity contribution in [3.05, 3.63) is 23.8 Å². The van der Waals surface area contributed by atoms with Crippen LogP contribution in [0.5, 0.6) is 0 Å². The Hall–Kier alpha value is -1.20. The summed E-state index contributed by atoms with van der Waals surface area (Å²) in [4.78, 5) is 14.5. The van der Waals surface area contributed by atoms with E-state index in [0.717, 1.165) is 22.9 Å². The Morgan fingerprint density at radius 2 is 2.15 bits per heavy atom. The first-order valence-electron chi connectivity index (χ1n) is 6.81. The summed E-state index contributed by atoms with van der Waals surface area (Å²) in [6.45, 7) is 7.40. The van der Waals surface area contributed by atoms with Crippen molar-refractivity contribution in [1.82, 2.24) is 0 Å². The number of hydrogen-bond acceptors (Lipinski definition) is 4. The van der Waals surface area contributed by atoms with Crippen molar-refractivity contribution < 1.29 is 14.6 Å². The molecule has 0 bridgehead atoms. The molecular weight excluding hydrogens is 274 g/mol. The number of carbonyl (C=O) groups is 1. The SMILES string of the molecule is CCSc1cccc(N(CC)C(C)COC)c1C(=O)O. The van der Waals surface area contributed by atoms with Crippen LogP contribution in [0.4, 0.5) is 5.69 Å². The van der Waals surface area contributed by atoms with Crippen LogP contribution in [0.3, 0.4) is 0 Å². The van der Waals surface area contributed by atoms with Crippen LogP contribution in [0.1, 0.15) is 31.1 Å². The average Bonchev–Trinajstić information content (AvgIpc) is 2.40. The fraction of sp³-hybridized carbons (Fsp3) is 0.533. The Balaban J connectivity index is 3.26. The molecule has 1 rings (SSSR count). The number of ether oxygens (including phenoxy) is 1. The highest BCUT2D eigenvalue weighted by Crippen LogP contribution is 2.31. The van der Waals surface area contributed by atoms with E-state index >= 15 is 0 Å². The largest absolute Gasteiger partial charge is 0.478 e. The van der Waals surface area contributed by atoms with Crippen molar-refractivity contribution in [3.63, 3.8) is 0 Å². The minimum absolute atomic E-state index is 0.130. The molecule has 0 aliphatic rings. The summed E-state index contributed by atoms with van der Waals surface area (Å²) in [6.07, 6.45) is 0. The van der Waals surface area contributed by atoms with Gasteiger partial charge >= 0.3 is 5.97 Å². The highest BCUT2D eigenvalue weighted by Gasteiger charge is 2.22. The molecule has 0 radical (unpaired) electrons. The molecule has 0 aromatic heterocycles. The fourth-order valence-corrected chi connectivity index (χ4v) is 3.12. The molecule has 1 N–H and O–H groups in total. The molecule has 1 unspecified atom stereocenters. The van der Waals surface area contributed by atoms with Gasteiger partial charge in [-0.1, -0.05) is 13.0 Å². The van der Waals surface area contributed by atoms with Gasteiger partial charge in [0.05, 0.1) is 17.9 Å². The number of nitrogens with zero attached hydrogens (tertiary/aromatic N) is 1. The normalized spacial score (nSPS) is 12.2. The van der Waals surface area contributed by atoms with Gasteiger partial charge < -0.3 is 14.7 Å². The van der Waals surface area contributed by atoms with Crippen LogP contribution in [0.25, 0.3) is 0 Å². The minimum atomic E-state index is -0.875. The van der Waals surface area contributed by atoms with Crippen LogP contribution < -0.4 is 4.90 Å². The standard InChI is InChI=1S/C15H23NO3S/c1-5-16(11(3)10-19-4)12-8-7-9-13(20-6-2)14(12)15(17)18/h7-9,11H,5-6,10H2,1-4H3,(H,17,18). The zero-order chi connectivity index (χ0) is 15.1. The summed E-state index contributed by atoms with van der Waals surface area (Å²) >= 11 is 1.56. The van der Waals surface area contributed by atoms with Crippen LogP contribution >= 0.6 is 11.8 Å². The van der Waals surface area contributed by atoms with E-state index in [9.17, 15) is 9.90 Å². The van der Waals surface area contributed by atoms with E-state index < -0.39 is 5.97 Å². The lowest BCUT2D eigenvalue weighted by Gasteiger charge is -2.31. The minimum Gasteiger partial charge on any atom is -0.478 e. The molecule has 0 saturated carbocycles. The van der Waals surface area contributed by atoms with Gasteiger partial charge in [0.1, 0.15) is 0 Å². The first kappa shape index (κ1) is 16.9. The van der Waals surface area contributed by atoms with Crippen molar-refractivity contribution in [2.75, 3.05) is 30.9 Å². The lowest BCUT2D eigenvalue weighted by molar-refractivity contribution is 0.0693. The number of anilines is 1. The topological polar surface area (TPSA) is 49.8 Å². The third-order valence-corrected chi connectivity index (χ3v) is 4.05. The second kappa shape index (κ2) is 8.17. The van der Waals surface area contributed by atoms with Gasteiger partial charge in [-0.2, -0.15) is 0 Å². The van der Waals surface area contributed by atoms with Crippen molar-refractivity contribution in [2.24, 2.45) is 0 Å². The lowest BCUT2D eigenvalue weighted by Crippen LogP contribution is -2.37. The van der Waals surface area contributed by atoms with Crippen molar-refractivity contribution >= 4 is 23.4 Å². The van der Waals surface area contributed by atoms with E-state index in [-0.39, 0.29) is 6.04 Å². The van der Waals surface area contributed by atoms with Crippen molar-refractivity contribution in [1.29, 1.82) is 0 Å². The molecule has 5 heteroatoms. The number of aromatic carboxylic acids is 1. The van der Waals surface area contributed by atoms with Crippen LogP contribution in [-0.4, -0.2) is 43.1 Å². The Morgan fingerprint density at radius 3 is 2.65 bits per heavy atom. The number of methoxy groups -OCH3 is 1. The Morgan fingerprint density at radius 1 is 1.45 bits per heavy atom. The highest BCUT2D eigenvalue weighted by atomic mass is 32.2. The molecule has 1 aromatic rings. The first-order valence-corrected chi connectivity index (χ1v) is 7.79. The van der Waals surface area contributed by atoms with Crippen LogP contribution in [0.2, 0.25) is 0 Å². The maximum Gasteiger partial charge on any atom is 0.338 e. The first-order chi connectivity index (χ1) is 9.56. The number of likely N-dealkylation sites (N-methyl/N-ethyl adjacent to an activating group) is 1. The number of benzene rings is 1. The summed E-state index contributed by atoms with van der Waals surface area (Å²) in [6, 6.07) is 5.79. The third kappa shape index (κ3) is 3.90. The van der Waals surface area contributed by atoms with Gasteiger partial charge in [0.2, 0.25) is 0 Å². The summed E-state index contributed by atoms with van der Waals surface area (Å²) < 4.78 is 5.19. The second-order valence-corrected chi connectivity index (χ2v) is 5.78. The number of rotatable bonds is 8. The maximum absolute atomic E-state index is 11.6.